The van der Waals surface area contributed by atoms with E-state index >= 15 is 0 Å². The van der Waals surface area contributed by atoms with E-state index in [0.717, 1.165) is 18.7 Å². The Morgan fingerprint density at radius 1 is 0.793 bits per heavy atom. The molecule has 0 aliphatic rings. The highest BCUT2D eigenvalue weighted by Gasteiger charge is 2.14. The Morgan fingerprint density at radius 2 is 1.45 bits per heavy atom. The van der Waals surface area contributed by atoms with E-state index in [4.69, 9.17) is 4.74 Å². The van der Waals surface area contributed by atoms with Crippen molar-refractivity contribution < 1.29 is 4.74 Å². The second-order valence-electron chi connectivity index (χ2n) is 7.56. The molecule has 0 heterocycles. The van der Waals surface area contributed by atoms with Gasteiger partial charge in [0.15, 0.2) is 0 Å². The van der Waals surface area contributed by atoms with Gasteiger partial charge in [0.2, 0.25) is 0 Å². The highest BCUT2D eigenvalue weighted by atomic mass is 16.5. The van der Waals surface area contributed by atoms with E-state index in [1.807, 2.05) is 0 Å². The number of rotatable bonds is 8. The number of aryl methyl sites for hydroxylation is 1. The highest BCUT2D eigenvalue weighted by molar-refractivity contribution is 5.99. The average molecular weight is 386 g/mol. The molecule has 3 aromatic rings. The minimum Gasteiger partial charge on any atom is -0.492 e. The van der Waals surface area contributed by atoms with Crippen molar-refractivity contribution in [3.8, 4) is 5.75 Å². The van der Waals surface area contributed by atoms with Crippen LogP contribution in [0.4, 0.5) is 0 Å². The zero-order valence-electron chi connectivity index (χ0n) is 18.0. The Labute approximate surface area is 175 Å². The van der Waals surface area contributed by atoms with Gasteiger partial charge < -0.3 is 9.64 Å². The third-order valence-corrected chi connectivity index (χ3v) is 5.14. The molecule has 2 nitrogen and oxygen atoms in total. The molecule has 2 heteroatoms. The van der Waals surface area contributed by atoms with Gasteiger partial charge in [-0.3, -0.25) is 0 Å². The normalized spacial score (nSPS) is 12.0. The van der Waals surface area contributed by atoms with Crippen LogP contribution in [0.2, 0.25) is 0 Å². The Morgan fingerprint density at radius 3 is 2.07 bits per heavy atom. The molecule has 150 valence electrons. The second-order valence-corrected chi connectivity index (χ2v) is 7.56. The predicted octanol–water partition coefficient (Wildman–Crippen LogP) is 6.30. The van der Waals surface area contributed by atoms with Gasteiger partial charge >= 0.3 is 0 Å². The van der Waals surface area contributed by atoms with Gasteiger partial charge in [-0.25, -0.2) is 0 Å². The van der Waals surface area contributed by atoms with E-state index in [0.29, 0.717) is 6.61 Å². The second kappa shape index (κ2) is 10.1. The molecule has 0 bridgehead atoms. The van der Waals surface area contributed by atoms with Crippen molar-refractivity contribution in [2.75, 3.05) is 27.2 Å². The fraction of sp³-hybridized carbons (Fsp3) is 0.259. The van der Waals surface area contributed by atoms with Crippen LogP contribution in [0.5, 0.6) is 5.75 Å². The maximum atomic E-state index is 5.89. The van der Waals surface area contributed by atoms with Gasteiger partial charge in [0.05, 0.1) is 0 Å². The Bertz CT molecular complexity index is 940. The fourth-order valence-corrected chi connectivity index (χ4v) is 3.57. The van der Waals surface area contributed by atoms with E-state index < -0.39 is 0 Å². The topological polar surface area (TPSA) is 12.5 Å². The summed E-state index contributed by atoms with van der Waals surface area (Å²) in [7, 11) is 4.11. The minimum atomic E-state index is 0.692. The number of allylic oxidation sites excluding steroid dienone is 1. The van der Waals surface area contributed by atoms with Gasteiger partial charge in [0, 0.05) is 6.54 Å². The first-order chi connectivity index (χ1) is 14.1. The summed E-state index contributed by atoms with van der Waals surface area (Å²) in [6.07, 6.45) is 0.967. The maximum Gasteiger partial charge on any atom is 0.119 e. The van der Waals surface area contributed by atoms with Crippen molar-refractivity contribution in [2.24, 2.45) is 0 Å². The van der Waals surface area contributed by atoms with Crippen molar-refractivity contribution in [3.05, 3.63) is 101 Å². The summed E-state index contributed by atoms with van der Waals surface area (Å²) in [4.78, 5) is 2.13. The van der Waals surface area contributed by atoms with Crippen molar-refractivity contribution in [1.29, 1.82) is 0 Å². The third kappa shape index (κ3) is 5.36. The van der Waals surface area contributed by atoms with Crippen LogP contribution in [0, 0.1) is 6.92 Å². The van der Waals surface area contributed by atoms with Crippen LogP contribution in [0.3, 0.4) is 0 Å². The minimum absolute atomic E-state index is 0.692. The van der Waals surface area contributed by atoms with Crippen molar-refractivity contribution in [1.82, 2.24) is 4.90 Å². The molecule has 0 amide bonds. The molecule has 0 unspecified atom stereocenters. The van der Waals surface area contributed by atoms with Crippen LogP contribution in [0.25, 0.3) is 11.1 Å². The zero-order valence-corrected chi connectivity index (χ0v) is 18.0. The highest BCUT2D eigenvalue weighted by Crippen LogP contribution is 2.36. The standard InChI is InChI=1S/C27H31NO/c1-5-25(22-12-7-6-8-13-22)27(26-14-10-9-11-21(26)2)23-15-17-24(18-16-23)29-20-19-28(3)4/h6-18H,5,19-20H2,1-4H3/b27-25+. The van der Waals surface area contributed by atoms with Crippen LogP contribution in [-0.4, -0.2) is 32.1 Å². The Balaban J connectivity index is 2.05. The van der Waals surface area contributed by atoms with Gasteiger partial charge in [-0.15, -0.1) is 0 Å². The molecule has 0 radical (unpaired) electrons. The molecule has 0 aliphatic carbocycles. The summed E-state index contributed by atoms with van der Waals surface area (Å²) in [5.74, 6) is 0.914. The first kappa shape index (κ1) is 20.9. The molecule has 3 rings (SSSR count). The van der Waals surface area contributed by atoms with Gasteiger partial charge in [-0.2, -0.15) is 0 Å². The number of ether oxygens (including phenoxy) is 1. The largest absolute Gasteiger partial charge is 0.492 e. The Hall–Kier alpha value is -2.84. The van der Waals surface area contributed by atoms with Crippen LogP contribution < -0.4 is 4.74 Å². The van der Waals surface area contributed by atoms with Gasteiger partial charge in [-0.1, -0.05) is 73.7 Å². The summed E-state index contributed by atoms with van der Waals surface area (Å²) in [6.45, 7) is 6.02. The summed E-state index contributed by atoms with van der Waals surface area (Å²) in [5.41, 5.74) is 7.74. The molecule has 0 saturated heterocycles. The average Bonchev–Trinajstić information content (AvgIpc) is 2.74. The van der Waals surface area contributed by atoms with Crippen molar-refractivity contribution in [2.45, 2.75) is 20.3 Å². The summed E-state index contributed by atoms with van der Waals surface area (Å²) in [6, 6.07) is 27.9. The predicted molar refractivity (Wildman–Crippen MR) is 124 cm³/mol. The van der Waals surface area contributed by atoms with Crippen molar-refractivity contribution in [3.63, 3.8) is 0 Å². The molecule has 3 aromatic carbocycles. The fourth-order valence-electron chi connectivity index (χ4n) is 3.57. The first-order valence-corrected chi connectivity index (χ1v) is 10.3. The number of likely N-dealkylation sites (N-methyl/N-ethyl adjacent to an activating group) is 1. The maximum absolute atomic E-state index is 5.89. The van der Waals surface area contributed by atoms with Crippen LogP contribution in [0.15, 0.2) is 78.9 Å². The van der Waals surface area contributed by atoms with E-state index in [-0.39, 0.29) is 0 Å². The lowest BCUT2D eigenvalue weighted by molar-refractivity contribution is 0.261. The zero-order chi connectivity index (χ0) is 20.6. The van der Waals surface area contributed by atoms with Crippen molar-refractivity contribution >= 4 is 11.1 Å². The molecule has 0 spiro atoms. The number of hydrogen-bond donors (Lipinski definition) is 0. The number of benzene rings is 3. The molecule has 29 heavy (non-hydrogen) atoms. The molecular weight excluding hydrogens is 354 g/mol. The van der Waals surface area contributed by atoms with Crippen LogP contribution >= 0.6 is 0 Å². The smallest absolute Gasteiger partial charge is 0.119 e. The number of hydrogen-bond acceptors (Lipinski definition) is 2. The lowest BCUT2D eigenvalue weighted by atomic mass is 9.86. The van der Waals surface area contributed by atoms with E-state index in [1.165, 1.54) is 33.4 Å². The summed E-state index contributed by atoms with van der Waals surface area (Å²) >= 11 is 0. The molecule has 0 atom stereocenters. The van der Waals surface area contributed by atoms with E-state index in [9.17, 15) is 0 Å². The molecule has 0 aliphatic heterocycles. The molecule has 0 fully saturated rings. The van der Waals surface area contributed by atoms with Crippen LogP contribution in [0.1, 0.15) is 35.6 Å². The quantitative estimate of drug-likeness (QED) is 0.422. The molecule has 0 aromatic heterocycles. The van der Waals surface area contributed by atoms with Gasteiger partial charge in [0.25, 0.3) is 0 Å². The summed E-state index contributed by atoms with van der Waals surface area (Å²) < 4.78 is 5.89. The van der Waals surface area contributed by atoms with Gasteiger partial charge in [-0.05, 0) is 73.0 Å². The number of nitrogens with zero attached hydrogens (tertiary/aromatic N) is 1. The van der Waals surface area contributed by atoms with E-state index in [2.05, 4.69) is 112 Å². The van der Waals surface area contributed by atoms with Gasteiger partial charge in [0.1, 0.15) is 12.4 Å². The monoisotopic (exact) mass is 385 g/mol. The first-order valence-electron chi connectivity index (χ1n) is 10.3. The molecular formula is C27H31NO. The molecule has 0 saturated carbocycles. The Kier molecular flexibility index (Phi) is 7.26. The molecule has 0 N–H and O–H groups in total. The third-order valence-electron chi connectivity index (χ3n) is 5.14. The SMILES string of the molecule is CC/C(=C(/c1ccc(OCCN(C)C)cc1)c1ccccc1C)c1ccccc1. The summed E-state index contributed by atoms with van der Waals surface area (Å²) in [5, 5.41) is 0. The lowest BCUT2D eigenvalue weighted by Crippen LogP contribution is -2.19. The van der Waals surface area contributed by atoms with Crippen LogP contribution in [-0.2, 0) is 0 Å². The lowest BCUT2D eigenvalue weighted by Gasteiger charge is -2.18. The van der Waals surface area contributed by atoms with E-state index in [1.54, 1.807) is 0 Å².